The van der Waals surface area contributed by atoms with Crippen LogP contribution in [0.4, 0.5) is 14.6 Å². The molecule has 0 fully saturated rings. The van der Waals surface area contributed by atoms with Gasteiger partial charge in [0, 0.05) is 18.1 Å². The molecular weight excluding hydrogens is 326 g/mol. The van der Waals surface area contributed by atoms with E-state index in [1.165, 1.54) is 18.3 Å². The van der Waals surface area contributed by atoms with Crippen molar-refractivity contribution in [1.29, 1.82) is 0 Å². The van der Waals surface area contributed by atoms with Crippen molar-refractivity contribution in [3.05, 3.63) is 46.1 Å². The van der Waals surface area contributed by atoms with Crippen molar-refractivity contribution >= 4 is 5.82 Å². The molecule has 1 aromatic carbocycles. The maximum Gasteiger partial charge on any atom is 0.414 e. The minimum Gasteiger partial charge on any atom is -0.444 e. The highest BCUT2D eigenvalue weighted by molar-refractivity contribution is 5.27. The summed E-state index contributed by atoms with van der Waals surface area (Å²) in [5.41, 5.74) is 0.888. The van der Waals surface area contributed by atoms with E-state index in [9.17, 15) is 18.9 Å². The van der Waals surface area contributed by atoms with Crippen LogP contribution in [0.15, 0.2) is 30.5 Å². The number of rotatable bonds is 6. The predicted octanol–water partition coefficient (Wildman–Crippen LogP) is 1.94. The number of hydrogen-bond acceptors (Lipinski definition) is 6. The molecule has 1 aliphatic heterocycles. The Hall–Kier alpha value is -2.75. The van der Waals surface area contributed by atoms with E-state index in [-0.39, 0.29) is 23.6 Å². The normalized spacial score (nSPS) is 16.5. The Kier molecular flexibility index (Phi) is 4.56. The zero-order valence-corrected chi connectivity index (χ0v) is 12.4. The van der Waals surface area contributed by atoms with Crippen LogP contribution in [0.1, 0.15) is 5.56 Å². The van der Waals surface area contributed by atoms with Crippen LogP contribution in [-0.2, 0) is 13.1 Å². The molecule has 3 rings (SSSR count). The lowest BCUT2D eigenvalue weighted by Gasteiger charge is -2.23. The van der Waals surface area contributed by atoms with Crippen LogP contribution in [0, 0.1) is 10.1 Å². The molecule has 0 spiro atoms. The summed E-state index contributed by atoms with van der Waals surface area (Å²) in [5, 5.41) is 14.0. The second-order valence-corrected chi connectivity index (χ2v) is 5.20. The summed E-state index contributed by atoms with van der Waals surface area (Å²) in [7, 11) is 0. The fourth-order valence-electron chi connectivity index (χ4n) is 2.36. The van der Waals surface area contributed by atoms with Crippen LogP contribution < -0.4 is 14.8 Å². The minimum absolute atomic E-state index is 0.0525. The lowest BCUT2D eigenvalue weighted by molar-refractivity contribution is -0.389. The third kappa shape index (κ3) is 3.77. The molecule has 0 bridgehead atoms. The highest BCUT2D eigenvalue weighted by Crippen LogP contribution is 2.21. The van der Waals surface area contributed by atoms with Gasteiger partial charge in [0.05, 0.1) is 6.04 Å². The van der Waals surface area contributed by atoms with Gasteiger partial charge in [-0.2, -0.15) is 8.78 Å². The smallest absolute Gasteiger partial charge is 0.414 e. The summed E-state index contributed by atoms with van der Waals surface area (Å²) in [5.74, 6) is -0.148. The third-order valence-corrected chi connectivity index (χ3v) is 3.49. The number of aromatic nitrogens is 2. The zero-order chi connectivity index (χ0) is 17.1. The number of halogens is 2. The minimum atomic E-state index is -2.85. The predicted molar refractivity (Wildman–Crippen MR) is 78.1 cm³/mol. The first kappa shape index (κ1) is 16.1. The van der Waals surface area contributed by atoms with E-state index in [2.05, 4.69) is 15.0 Å². The molecule has 1 aliphatic rings. The maximum absolute atomic E-state index is 12.1. The van der Waals surface area contributed by atoms with E-state index < -0.39 is 11.5 Å². The quantitative estimate of drug-likeness (QED) is 0.638. The van der Waals surface area contributed by atoms with Crippen molar-refractivity contribution in [2.75, 3.05) is 6.61 Å². The van der Waals surface area contributed by atoms with E-state index in [0.29, 0.717) is 19.7 Å². The van der Waals surface area contributed by atoms with Gasteiger partial charge in [0.1, 0.15) is 18.6 Å². The number of benzene rings is 1. The number of imidazole rings is 1. The number of fused-ring (bicyclic) bond motifs is 1. The molecule has 1 aromatic heterocycles. The van der Waals surface area contributed by atoms with Gasteiger partial charge in [-0.3, -0.25) is 4.57 Å². The van der Waals surface area contributed by atoms with Crippen LogP contribution in [-0.4, -0.2) is 33.7 Å². The maximum atomic E-state index is 12.1. The summed E-state index contributed by atoms with van der Waals surface area (Å²) < 4.78 is 35.4. The second-order valence-electron chi connectivity index (χ2n) is 5.20. The Labute approximate surface area is 135 Å². The van der Waals surface area contributed by atoms with Crippen molar-refractivity contribution in [3.63, 3.8) is 0 Å². The number of alkyl halides is 2. The van der Waals surface area contributed by atoms with E-state index in [1.807, 2.05) is 0 Å². The molecule has 0 saturated heterocycles. The standard InChI is InChI=1S/C14H14F2N4O4/c15-13(16)24-11-3-1-9(2-4-11)5-17-10-6-19-7-12(20(21)22)18-14(19)23-8-10/h1-4,7,10,13,17H,5-6,8H2/t10-/m0/s1. The molecule has 0 radical (unpaired) electrons. The summed E-state index contributed by atoms with van der Waals surface area (Å²) in [4.78, 5) is 13.9. The second kappa shape index (κ2) is 6.79. The van der Waals surface area contributed by atoms with Crippen molar-refractivity contribution < 1.29 is 23.2 Å². The Morgan fingerprint density at radius 2 is 2.21 bits per heavy atom. The molecule has 128 valence electrons. The van der Waals surface area contributed by atoms with Gasteiger partial charge in [-0.15, -0.1) is 0 Å². The lowest BCUT2D eigenvalue weighted by Crippen LogP contribution is -2.41. The Bertz CT molecular complexity index is 720. The Morgan fingerprint density at radius 1 is 1.46 bits per heavy atom. The lowest BCUT2D eigenvalue weighted by atomic mass is 10.2. The monoisotopic (exact) mass is 340 g/mol. The molecular formula is C14H14F2N4O4. The van der Waals surface area contributed by atoms with Gasteiger partial charge in [0.15, 0.2) is 0 Å². The average Bonchev–Trinajstić information content (AvgIpc) is 2.97. The molecule has 1 N–H and O–H groups in total. The first-order valence-corrected chi connectivity index (χ1v) is 7.13. The van der Waals surface area contributed by atoms with Gasteiger partial charge in [0.25, 0.3) is 0 Å². The number of nitrogens with zero attached hydrogens (tertiary/aromatic N) is 3. The number of nitrogens with one attached hydrogen (secondary N) is 1. The van der Waals surface area contributed by atoms with Gasteiger partial charge in [-0.05, 0) is 22.6 Å². The largest absolute Gasteiger partial charge is 0.444 e. The van der Waals surface area contributed by atoms with Crippen molar-refractivity contribution in [3.8, 4) is 11.8 Å². The number of nitro groups is 1. The summed E-state index contributed by atoms with van der Waals surface area (Å²) >= 11 is 0. The summed E-state index contributed by atoms with van der Waals surface area (Å²) in [6, 6.07) is 6.48. The van der Waals surface area contributed by atoms with Crippen molar-refractivity contribution in [2.45, 2.75) is 25.7 Å². The van der Waals surface area contributed by atoms with Crippen molar-refractivity contribution in [1.82, 2.24) is 14.9 Å². The molecule has 2 heterocycles. The first-order chi connectivity index (χ1) is 11.5. The van der Waals surface area contributed by atoms with E-state index in [4.69, 9.17) is 4.74 Å². The third-order valence-electron chi connectivity index (χ3n) is 3.49. The Morgan fingerprint density at radius 3 is 2.88 bits per heavy atom. The van der Waals surface area contributed by atoms with Crippen molar-refractivity contribution in [2.24, 2.45) is 0 Å². The van der Waals surface area contributed by atoms with Crippen LogP contribution >= 0.6 is 0 Å². The van der Waals surface area contributed by atoms with E-state index in [1.54, 1.807) is 16.7 Å². The first-order valence-electron chi connectivity index (χ1n) is 7.13. The molecule has 1 atom stereocenters. The summed E-state index contributed by atoms with van der Waals surface area (Å²) in [6.07, 6.45) is 1.33. The van der Waals surface area contributed by atoms with E-state index >= 15 is 0 Å². The SMILES string of the molecule is O=[N+]([O-])c1cn2c(n1)OC[C@@H](NCc1ccc(OC(F)F)cc1)C2. The fourth-order valence-corrected chi connectivity index (χ4v) is 2.36. The number of ether oxygens (including phenoxy) is 2. The Balaban J connectivity index is 1.54. The van der Waals surface area contributed by atoms with Crippen LogP contribution in [0.2, 0.25) is 0 Å². The van der Waals surface area contributed by atoms with E-state index in [0.717, 1.165) is 5.56 Å². The highest BCUT2D eigenvalue weighted by atomic mass is 19.3. The molecule has 0 unspecified atom stereocenters. The highest BCUT2D eigenvalue weighted by Gasteiger charge is 2.27. The van der Waals surface area contributed by atoms with Gasteiger partial charge in [0.2, 0.25) is 0 Å². The van der Waals surface area contributed by atoms with Gasteiger partial charge >= 0.3 is 18.4 Å². The molecule has 0 saturated carbocycles. The number of hydrogen-bond donors (Lipinski definition) is 1. The molecule has 8 nitrogen and oxygen atoms in total. The molecule has 0 aliphatic carbocycles. The molecule has 0 amide bonds. The van der Waals surface area contributed by atoms with Crippen LogP contribution in [0.5, 0.6) is 11.8 Å². The molecule has 10 heteroatoms. The topological polar surface area (TPSA) is 91.5 Å². The van der Waals surface area contributed by atoms with Gasteiger partial charge in [-0.1, -0.05) is 12.1 Å². The summed E-state index contributed by atoms with van der Waals surface area (Å²) in [6.45, 7) is -1.53. The van der Waals surface area contributed by atoms with Gasteiger partial charge < -0.3 is 24.9 Å². The zero-order valence-electron chi connectivity index (χ0n) is 12.4. The van der Waals surface area contributed by atoms with Crippen LogP contribution in [0.3, 0.4) is 0 Å². The molecule has 2 aromatic rings. The van der Waals surface area contributed by atoms with Gasteiger partial charge in [-0.25, -0.2) is 0 Å². The molecule has 24 heavy (non-hydrogen) atoms. The fraction of sp³-hybridized carbons (Fsp3) is 0.357. The van der Waals surface area contributed by atoms with Crippen LogP contribution in [0.25, 0.3) is 0 Å². The average molecular weight is 340 g/mol.